The Morgan fingerprint density at radius 1 is 0.960 bits per heavy atom. The van der Waals surface area contributed by atoms with E-state index in [0.29, 0.717) is 10.0 Å². The molecule has 0 fully saturated rings. The number of amidine groups is 1. The van der Waals surface area contributed by atoms with Crippen molar-refractivity contribution in [2.45, 2.75) is 0 Å². The highest BCUT2D eigenvalue weighted by molar-refractivity contribution is 6.42. The lowest BCUT2D eigenvalue weighted by molar-refractivity contribution is 1.20. The van der Waals surface area contributed by atoms with E-state index in [0.717, 1.165) is 34.1 Å². The number of anilines is 3. The van der Waals surface area contributed by atoms with Crippen LogP contribution in [-0.4, -0.2) is 17.9 Å². The summed E-state index contributed by atoms with van der Waals surface area (Å²) in [6.07, 6.45) is 3.55. The van der Waals surface area contributed by atoms with Crippen LogP contribution in [0.5, 0.6) is 0 Å². The van der Waals surface area contributed by atoms with E-state index >= 15 is 0 Å². The van der Waals surface area contributed by atoms with Gasteiger partial charge in [-0.3, -0.25) is 4.98 Å². The topological polar surface area (TPSA) is 40.5 Å². The van der Waals surface area contributed by atoms with E-state index in [4.69, 9.17) is 28.2 Å². The molecular formula is C19H14Cl2N4. The van der Waals surface area contributed by atoms with E-state index in [1.165, 1.54) is 0 Å². The van der Waals surface area contributed by atoms with Gasteiger partial charge in [-0.1, -0.05) is 35.3 Å². The third-order valence-corrected chi connectivity index (χ3v) is 4.78. The maximum Gasteiger partial charge on any atom is 0.142 e. The maximum absolute atomic E-state index is 6.20. The lowest BCUT2D eigenvalue weighted by Gasteiger charge is -2.21. The number of halogens is 2. The van der Waals surface area contributed by atoms with Gasteiger partial charge in [-0.25, -0.2) is 4.99 Å². The number of aromatic nitrogens is 1. The minimum absolute atomic E-state index is 0.473. The summed E-state index contributed by atoms with van der Waals surface area (Å²) in [5.41, 5.74) is 4.43. The second-order valence-electron chi connectivity index (χ2n) is 5.66. The zero-order valence-corrected chi connectivity index (χ0v) is 14.9. The fraction of sp³-hybridized carbons (Fsp3) is 0.0526. The first-order valence-corrected chi connectivity index (χ1v) is 8.47. The summed E-state index contributed by atoms with van der Waals surface area (Å²) < 4.78 is 0. The number of nitrogens with one attached hydrogen (secondary N) is 1. The Kier molecular flexibility index (Phi) is 4.07. The summed E-state index contributed by atoms with van der Waals surface area (Å²) in [4.78, 5) is 11.1. The van der Waals surface area contributed by atoms with Gasteiger partial charge in [0.2, 0.25) is 0 Å². The van der Waals surface area contributed by atoms with Gasteiger partial charge in [0, 0.05) is 24.5 Å². The molecule has 0 bridgehead atoms. The zero-order chi connectivity index (χ0) is 17.4. The average Bonchev–Trinajstić information content (AvgIpc) is 2.79. The molecule has 0 aliphatic carbocycles. The SMILES string of the molecule is CN(C1=Nc2cc(Cl)c(Cl)cc2Nc2ccccc21)c1cccnc1. The lowest BCUT2D eigenvalue weighted by atomic mass is 10.1. The molecule has 124 valence electrons. The van der Waals surface area contributed by atoms with Crippen molar-refractivity contribution < 1.29 is 0 Å². The Bertz CT molecular complexity index is 970. The molecule has 0 saturated heterocycles. The van der Waals surface area contributed by atoms with Crippen LogP contribution < -0.4 is 10.2 Å². The summed E-state index contributed by atoms with van der Waals surface area (Å²) >= 11 is 12.4. The minimum Gasteiger partial charge on any atom is -0.353 e. The number of rotatable bonds is 1. The predicted molar refractivity (Wildman–Crippen MR) is 105 cm³/mol. The van der Waals surface area contributed by atoms with Crippen LogP contribution in [0, 0.1) is 0 Å². The molecule has 25 heavy (non-hydrogen) atoms. The van der Waals surface area contributed by atoms with E-state index in [9.17, 15) is 0 Å². The van der Waals surface area contributed by atoms with Gasteiger partial charge in [-0.05, 0) is 36.4 Å². The van der Waals surface area contributed by atoms with Crippen LogP contribution in [0.2, 0.25) is 10.0 Å². The molecular weight excluding hydrogens is 355 g/mol. The molecule has 2 heterocycles. The van der Waals surface area contributed by atoms with Crippen LogP contribution in [0.25, 0.3) is 0 Å². The molecule has 1 aromatic heterocycles. The molecule has 0 saturated carbocycles. The van der Waals surface area contributed by atoms with Crippen molar-refractivity contribution in [2.24, 2.45) is 4.99 Å². The highest BCUT2D eigenvalue weighted by atomic mass is 35.5. The van der Waals surface area contributed by atoms with E-state index in [2.05, 4.69) is 10.3 Å². The zero-order valence-electron chi connectivity index (χ0n) is 13.4. The molecule has 6 heteroatoms. The molecule has 0 unspecified atom stereocenters. The normalized spacial score (nSPS) is 12.4. The molecule has 3 aromatic rings. The van der Waals surface area contributed by atoms with Crippen molar-refractivity contribution in [1.82, 2.24) is 4.98 Å². The molecule has 0 atom stereocenters. The fourth-order valence-corrected chi connectivity index (χ4v) is 3.09. The smallest absolute Gasteiger partial charge is 0.142 e. The summed E-state index contributed by atoms with van der Waals surface area (Å²) in [6, 6.07) is 15.5. The number of aliphatic imine (C=N–C) groups is 1. The van der Waals surface area contributed by atoms with Crippen molar-refractivity contribution in [1.29, 1.82) is 0 Å². The largest absolute Gasteiger partial charge is 0.353 e. The summed E-state index contributed by atoms with van der Waals surface area (Å²) in [5, 5.41) is 4.37. The van der Waals surface area contributed by atoms with Crippen molar-refractivity contribution in [2.75, 3.05) is 17.3 Å². The third kappa shape index (κ3) is 2.95. The third-order valence-electron chi connectivity index (χ3n) is 4.05. The van der Waals surface area contributed by atoms with E-state index in [-0.39, 0.29) is 0 Å². The van der Waals surface area contributed by atoms with Crippen LogP contribution in [0.3, 0.4) is 0 Å². The second kappa shape index (κ2) is 6.39. The predicted octanol–water partition coefficient (Wildman–Crippen LogP) is 5.66. The second-order valence-corrected chi connectivity index (χ2v) is 6.47. The molecule has 0 radical (unpaired) electrons. The highest BCUT2D eigenvalue weighted by Crippen LogP contribution is 2.39. The van der Waals surface area contributed by atoms with Crippen LogP contribution in [0.4, 0.5) is 22.7 Å². The Morgan fingerprint density at radius 3 is 2.56 bits per heavy atom. The van der Waals surface area contributed by atoms with Gasteiger partial charge in [-0.2, -0.15) is 0 Å². The number of fused-ring (bicyclic) bond motifs is 2. The standard InChI is InChI=1S/C19H14Cl2N4/c1-25(12-5-4-8-22-11-12)19-13-6-2-3-7-16(13)23-17-9-14(20)15(21)10-18(17)24-19/h2-11,23H,1H3. The van der Waals surface area contributed by atoms with Gasteiger partial charge in [0.1, 0.15) is 5.84 Å². The molecule has 4 nitrogen and oxygen atoms in total. The number of pyridine rings is 1. The lowest BCUT2D eigenvalue weighted by Crippen LogP contribution is -2.27. The van der Waals surface area contributed by atoms with Crippen molar-refractivity contribution in [3.63, 3.8) is 0 Å². The van der Waals surface area contributed by atoms with Gasteiger partial charge in [0.15, 0.2) is 0 Å². The van der Waals surface area contributed by atoms with Gasteiger partial charge in [0.25, 0.3) is 0 Å². The number of hydrogen-bond acceptors (Lipinski definition) is 4. The van der Waals surface area contributed by atoms with Crippen LogP contribution in [0.15, 0.2) is 65.9 Å². The Labute approximate surface area is 155 Å². The monoisotopic (exact) mass is 368 g/mol. The van der Waals surface area contributed by atoms with Crippen LogP contribution >= 0.6 is 23.2 Å². The highest BCUT2D eigenvalue weighted by Gasteiger charge is 2.21. The molecule has 1 aliphatic heterocycles. The Morgan fingerprint density at radius 2 is 1.76 bits per heavy atom. The van der Waals surface area contributed by atoms with Gasteiger partial charge >= 0.3 is 0 Å². The number of hydrogen-bond donors (Lipinski definition) is 1. The maximum atomic E-state index is 6.20. The average molecular weight is 369 g/mol. The van der Waals surface area contributed by atoms with Crippen LogP contribution in [0.1, 0.15) is 5.56 Å². The number of nitrogens with zero attached hydrogens (tertiary/aromatic N) is 3. The number of benzene rings is 2. The van der Waals surface area contributed by atoms with E-state index in [1.807, 2.05) is 48.3 Å². The van der Waals surface area contributed by atoms with Gasteiger partial charge < -0.3 is 10.2 Å². The van der Waals surface area contributed by atoms with Gasteiger partial charge in [-0.15, -0.1) is 0 Å². The molecule has 2 aromatic carbocycles. The summed E-state index contributed by atoms with van der Waals surface area (Å²) in [7, 11) is 1.97. The minimum atomic E-state index is 0.473. The van der Waals surface area contributed by atoms with E-state index in [1.54, 1.807) is 24.5 Å². The fourth-order valence-electron chi connectivity index (χ4n) is 2.77. The summed E-state index contributed by atoms with van der Waals surface area (Å²) in [6.45, 7) is 0. The number of para-hydroxylation sites is 1. The van der Waals surface area contributed by atoms with Crippen molar-refractivity contribution >= 4 is 51.8 Å². The molecule has 1 aliphatic rings. The molecule has 0 spiro atoms. The van der Waals surface area contributed by atoms with Crippen molar-refractivity contribution in [3.8, 4) is 0 Å². The first-order valence-electron chi connectivity index (χ1n) is 7.71. The first-order chi connectivity index (χ1) is 12.1. The molecule has 4 rings (SSSR count). The van der Waals surface area contributed by atoms with Gasteiger partial charge in [0.05, 0.1) is 33.3 Å². The molecule has 0 amide bonds. The summed E-state index contributed by atoms with van der Waals surface area (Å²) in [5.74, 6) is 0.799. The van der Waals surface area contributed by atoms with Crippen LogP contribution in [-0.2, 0) is 0 Å². The Balaban J connectivity index is 1.93. The quantitative estimate of drug-likeness (QED) is 0.602. The molecule has 1 N–H and O–H groups in total. The van der Waals surface area contributed by atoms with E-state index < -0.39 is 0 Å². The first kappa shape index (κ1) is 15.9. The Hall–Kier alpha value is -2.56. The van der Waals surface area contributed by atoms with Crippen molar-refractivity contribution in [3.05, 3.63) is 76.5 Å².